The highest BCUT2D eigenvalue weighted by Crippen LogP contribution is 2.23. The molecule has 0 spiro atoms. The van der Waals surface area contributed by atoms with Crippen molar-refractivity contribution in [2.75, 3.05) is 32.0 Å². The third-order valence-electron chi connectivity index (χ3n) is 4.15. The van der Waals surface area contributed by atoms with Crippen molar-refractivity contribution in [1.29, 1.82) is 0 Å². The Balaban J connectivity index is 1.88. The van der Waals surface area contributed by atoms with Crippen molar-refractivity contribution in [2.45, 2.75) is 39.2 Å². The quantitative estimate of drug-likeness (QED) is 0.822. The Kier molecular flexibility index (Phi) is 6.30. The van der Waals surface area contributed by atoms with Crippen molar-refractivity contribution in [3.63, 3.8) is 0 Å². The molecule has 148 valence electrons. The molecule has 8 nitrogen and oxygen atoms in total. The number of hydrogen-bond donors (Lipinski definition) is 2. The predicted molar refractivity (Wildman–Crippen MR) is 101 cm³/mol. The largest absolute Gasteiger partial charge is 0.465 e. The Hall–Kier alpha value is -2.77. The molecule has 27 heavy (non-hydrogen) atoms. The lowest BCUT2D eigenvalue weighted by atomic mass is 9.98. The van der Waals surface area contributed by atoms with E-state index in [1.165, 1.54) is 4.90 Å². The molecule has 1 aliphatic heterocycles. The standard InChI is InChI=1S/C19H27N3O5/c1-19(2,3)27-18(26)21(4)9-5-10-22-11-8-13-12-14(20-17(24)25)6-7-15(13)16(22)23/h6-7,12,20H,5,8-11H2,1-4H3,(H,24,25). The molecule has 0 saturated heterocycles. The van der Waals surface area contributed by atoms with E-state index in [1.54, 1.807) is 30.1 Å². The average Bonchev–Trinajstić information content (AvgIpc) is 2.54. The van der Waals surface area contributed by atoms with Gasteiger partial charge in [-0.25, -0.2) is 9.59 Å². The third kappa shape index (κ3) is 5.87. The van der Waals surface area contributed by atoms with Crippen molar-refractivity contribution >= 4 is 23.8 Å². The highest BCUT2D eigenvalue weighted by Gasteiger charge is 2.25. The second-order valence-corrected chi connectivity index (χ2v) is 7.60. The minimum absolute atomic E-state index is 0.0713. The van der Waals surface area contributed by atoms with Crippen LogP contribution in [0.3, 0.4) is 0 Å². The van der Waals surface area contributed by atoms with E-state index in [-0.39, 0.29) is 12.0 Å². The molecule has 0 radical (unpaired) electrons. The van der Waals surface area contributed by atoms with Crippen molar-refractivity contribution < 1.29 is 24.2 Å². The number of fused-ring (bicyclic) bond motifs is 1. The lowest BCUT2D eigenvalue weighted by Crippen LogP contribution is -2.40. The molecule has 8 heteroatoms. The first-order valence-corrected chi connectivity index (χ1v) is 8.93. The molecular weight excluding hydrogens is 350 g/mol. The first-order valence-electron chi connectivity index (χ1n) is 8.93. The number of amides is 3. The number of nitrogens with zero attached hydrogens (tertiary/aromatic N) is 2. The molecule has 0 bridgehead atoms. The van der Waals surface area contributed by atoms with E-state index < -0.39 is 11.7 Å². The van der Waals surface area contributed by atoms with Crippen molar-refractivity contribution in [2.24, 2.45) is 0 Å². The molecule has 0 saturated carbocycles. The zero-order chi connectivity index (χ0) is 20.2. The van der Waals surface area contributed by atoms with Gasteiger partial charge >= 0.3 is 12.2 Å². The van der Waals surface area contributed by atoms with Crippen LogP contribution in [0, 0.1) is 0 Å². The normalized spacial score (nSPS) is 13.8. The third-order valence-corrected chi connectivity index (χ3v) is 4.15. The van der Waals surface area contributed by atoms with Crippen LogP contribution in [0.4, 0.5) is 15.3 Å². The summed E-state index contributed by atoms with van der Waals surface area (Å²) >= 11 is 0. The van der Waals surface area contributed by atoms with Gasteiger partial charge in [0, 0.05) is 37.9 Å². The molecule has 3 amide bonds. The minimum Gasteiger partial charge on any atom is -0.465 e. The summed E-state index contributed by atoms with van der Waals surface area (Å²) in [4.78, 5) is 38.6. The Morgan fingerprint density at radius 1 is 1.33 bits per heavy atom. The van der Waals surface area contributed by atoms with Gasteiger partial charge in [-0.2, -0.15) is 0 Å². The molecule has 0 fully saturated rings. The molecule has 0 unspecified atom stereocenters. The van der Waals surface area contributed by atoms with E-state index in [1.807, 2.05) is 20.8 Å². The summed E-state index contributed by atoms with van der Waals surface area (Å²) in [6.07, 6.45) is -0.197. The summed E-state index contributed by atoms with van der Waals surface area (Å²) in [6.45, 7) is 7.06. The fourth-order valence-electron chi connectivity index (χ4n) is 2.88. The lowest BCUT2D eigenvalue weighted by Gasteiger charge is -2.30. The topological polar surface area (TPSA) is 99.2 Å². The Morgan fingerprint density at radius 3 is 2.67 bits per heavy atom. The van der Waals surface area contributed by atoms with Gasteiger partial charge in [0.15, 0.2) is 0 Å². The van der Waals surface area contributed by atoms with E-state index >= 15 is 0 Å². The SMILES string of the molecule is CN(CCCN1CCc2cc(NC(=O)O)ccc2C1=O)C(=O)OC(C)(C)C. The fraction of sp³-hybridized carbons (Fsp3) is 0.526. The van der Waals surface area contributed by atoms with Gasteiger partial charge < -0.3 is 19.6 Å². The van der Waals surface area contributed by atoms with Crippen LogP contribution in [0.25, 0.3) is 0 Å². The summed E-state index contributed by atoms with van der Waals surface area (Å²) in [5, 5.41) is 11.1. The number of anilines is 1. The number of carboxylic acid groups (broad SMARTS) is 1. The number of carbonyl (C=O) groups excluding carboxylic acids is 2. The number of nitrogens with one attached hydrogen (secondary N) is 1. The van der Waals surface area contributed by atoms with Crippen LogP contribution in [-0.4, -0.2) is 65.3 Å². The molecule has 2 N–H and O–H groups in total. The van der Waals surface area contributed by atoms with Crippen LogP contribution in [0.15, 0.2) is 18.2 Å². The Bertz CT molecular complexity index is 727. The van der Waals surface area contributed by atoms with Gasteiger partial charge in [-0.15, -0.1) is 0 Å². The van der Waals surface area contributed by atoms with Crippen LogP contribution in [0.2, 0.25) is 0 Å². The number of rotatable bonds is 5. The maximum atomic E-state index is 12.6. The molecule has 2 rings (SSSR count). The van der Waals surface area contributed by atoms with E-state index in [9.17, 15) is 14.4 Å². The van der Waals surface area contributed by atoms with Crippen LogP contribution < -0.4 is 5.32 Å². The number of ether oxygens (including phenoxy) is 1. The van der Waals surface area contributed by atoms with E-state index in [0.29, 0.717) is 43.7 Å². The zero-order valence-electron chi connectivity index (χ0n) is 16.2. The number of carbonyl (C=O) groups is 3. The van der Waals surface area contributed by atoms with E-state index in [2.05, 4.69) is 5.32 Å². The van der Waals surface area contributed by atoms with Crippen molar-refractivity contribution in [3.8, 4) is 0 Å². The van der Waals surface area contributed by atoms with Gasteiger partial charge in [-0.05, 0) is 57.4 Å². The molecule has 0 atom stereocenters. The first kappa shape index (κ1) is 20.5. The van der Waals surface area contributed by atoms with Crippen LogP contribution in [-0.2, 0) is 11.2 Å². The molecule has 1 aromatic rings. The Labute approximate surface area is 159 Å². The summed E-state index contributed by atoms with van der Waals surface area (Å²) < 4.78 is 5.31. The van der Waals surface area contributed by atoms with E-state index in [0.717, 1.165) is 5.56 Å². The zero-order valence-corrected chi connectivity index (χ0v) is 16.2. The van der Waals surface area contributed by atoms with Gasteiger partial charge in [0.1, 0.15) is 5.60 Å². The van der Waals surface area contributed by atoms with Crippen LogP contribution in [0.5, 0.6) is 0 Å². The lowest BCUT2D eigenvalue weighted by molar-refractivity contribution is 0.0293. The Morgan fingerprint density at radius 2 is 2.04 bits per heavy atom. The summed E-state index contributed by atoms with van der Waals surface area (Å²) in [5.74, 6) is -0.0713. The highest BCUT2D eigenvalue weighted by molar-refractivity contribution is 5.97. The number of hydrogen-bond acceptors (Lipinski definition) is 4. The maximum Gasteiger partial charge on any atom is 0.410 e. The van der Waals surface area contributed by atoms with Crippen LogP contribution >= 0.6 is 0 Å². The first-order chi connectivity index (χ1) is 12.6. The van der Waals surface area contributed by atoms with Gasteiger partial charge in [0.05, 0.1) is 0 Å². The fourth-order valence-corrected chi connectivity index (χ4v) is 2.88. The van der Waals surface area contributed by atoms with Gasteiger partial charge in [0.25, 0.3) is 5.91 Å². The van der Waals surface area contributed by atoms with Gasteiger partial charge in [0.2, 0.25) is 0 Å². The van der Waals surface area contributed by atoms with Crippen LogP contribution in [0.1, 0.15) is 43.1 Å². The maximum absolute atomic E-state index is 12.6. The smallest absolute Gasteiger partial charge is 0.410 e. The minimum atomic E-state index is -1.13. The highest BCUT2D eigenvalue weighted by atomic mass is 16.6. The monoisotopic (exact) mass is 377 g/mol. The second kappa shape index (κ2) is 8.28. The predicted octanol–water partition coefficient (Wildman–Crippen LogP) is 3.03. The molecular formula is C19H27N3O5. The number of benzene rings is 1. The van der Waals surface area contributed by atoms with Gasteiger partial charge in [-0.3, -0.25) is 10.1 Å². The summed E-state index contributed by atoms with van der Waals surface area (Å²) in [5.41, 5.74) is 1.36. The molecule has 1 heterocycles. The average molecular weight is 377 g/mol. The molecule has 0 aliphatic carbocycles. The molecule has 1 aromatic carbocycles. The molecule has 1 aliphatic rings. The summed E-state index contributed by atoms with van der Waals surface area (Å²) in [6, 6.07) is 4.95. The molecule has 0 aromatic heterocycles. The second-order valence-electron chi connectivity index (χ2n) is 7.60. The van der Waals surface area contributed by atoms with Crippen molar-refractivity contribution in [1.82, 2.24) is 9.80 Å². The van der Waals surface area contributed by atoms with Crippen molar-refractivity contribution in [3.05, 3.63) is 29.3 Å². The van der Waals surface area contributed by atoms with Gasteiger partial charge in [-0.1, -0.05) is 0 Å². The van der Waals surface area contributed by atoms with E-state index in [4.69, 9.17) is 9.84 Å². The summed E-state index contributed by atoms with van der Waals surface area (Å²) in [7, 11) is 1.68.